The second-order valence-corrected chi connectivity index (χ2v) is 20.3. The fourth-order valence-electron chi connectivity index (χ4n) is 10.8. The van der Waals surface area contributed by atoms with Gasteiger partial charge in [-0.1, -0.05) is 57.4 Å². The van der Waals surface area contributed by atoms with Crippen LogP contribution in [0.3, 0.4) is 0 Å². The van der Waals surface area contributed by atoms with E-state index >= 15 is 0 Å². The number of aliphatic hydroxyl groups is 2. The smallest absolute Gasteiger partial charge is 0.329 e. The molecule has 69 heavy (non-hydrogen) atoms. The van der Waals surface area contributed by atoms with Crippen molar-refractivity contribution in [1.82, 2.24) is 10.2 Å². The molecular formula is C53H84N2O14. The number of allylic oxidation sites excluding steroid dienone is 4. The maximum atomic E-state index is 14.5. The number of ether oxygens (including phenoxy) is 6. The van der Waals surface area contributed by atoms with Gasteiger partial charge in [0.2, 0.25) is 12.2 Å². The lowest BCUT2D eigenvalue weighted by Gasteiger charge is -2.47. The molecule has 3 aliphatic heterocycles. The minimum Gasteiger partial charge on any atom is -0.456 e. The van der Waals surface area contributed by atoms with Crippen LogP contribution in [0.2, 0.25) is 0 Å². The Bertz CT molecular complexity index is 1780. The summed E-state index contributed by atoms with van der Waals surface area (Å²) in [5, 5.41) is 26.7. The third-order valence-corrected chi connectivity index (χ3v) is 14.9. The number of Topliss-reactive ketones (excluding diaryl/α,β-unsaturated/α-hetero) is 3. The van der Waals surface area contributed by atoms with Crippen LogP contribution in [0.25, 0.3) is 0 Å². The third-order valence-electron chi connectivity index (χ3n) is 14.9. The van der Waals surface area contributed by atoms with Crippen molar-refractivity contribution in [1.29, 1.82) is 0 Å². The number of hydrogen-bond acceptors (Lipinski definition) is 14. The van der Waals surface area contributed by atoms with Crippen LogP contribution in [0.5, 0.6) is 0 Å². The summed E-state index contributed by atoms with van der Waals surface area (Å²) in [5.74, 6) is -7.96. The molecule has 1 aliphatic carbocycles. The molecule has 4 rings (SSSR count). The van der Waals surface area contributed by atoms with E-state index in [9.17, 15) is 39.0 Å². The Morgan fingerprint density at radius 3 is 2.30 bits per heavy atom. The summed E-state index contributed by atoms with van der Waals surface area (Å²) in [7, 11) is 4.66. The van der Waals surface area contributed by atoms with Crippen LogP contribution < -0.4 is 5.32 Å². The first kappa shape index (κ1) is 57.9. The van der Waals surface area contributed by atoms with E-state index in [4.69, 9.17) is 28.4 Å². The average Bonchev–Trinajstić information content (AvgIpc) is 3.33. The number of carbonyl (C=O) groups is 6. The van der Waals surface area contributed by atoms with Crippen LogP contribution in [0, 0.1) is 29.6 Å². The summed E-state index contributed by atoms with van der Waals surface area (Å²) in [6.07, 6.45) is 9.64. The van der Waals surface area contributed by atoms with Crippen LogP contribution in [0.4, 0.5) is 0 Å². The van der Waals surface area contributed by atoms with Crippen LogP contribution in [0.1, 0.15) is 137 Å². The highest BCUT2D eigenvalue weighted by Crippen LogP contribution is 2.39. The third kappa shape index (κ3) is 16.2. The van der Waals surface area contributed by atoms with Crippen molar-refractivity contribution < 1.29 is 67.4 Å². The second-order valence-electron chi connectivity index (χ2n) is 20.3. The van der Waals surface area contributed by atoms with Gasteiger partial charge in [-0.05, 0) is 108 Å². The van der Waals surface area contributed by atoms with Crippen molar-refractivity contribution in [2.24, 2.45) is 29.6 Å². The molecule has 2 saturated heterocycles. The van der Waals surface area contributed by atoms with Crippen molar-refractivity contribution in [3.8, 4) is 0 Å². The van der Waals surface area contributed by atoms with Crippen molar-refractivity contribution in [3.05, 3.63) is 36.0 Å². The molecule has 2 unspecified atom stereocenters. The Morgan fingerprint density at radius 1 is 0.928 bits per heavy atom. The van der Waals surface area contributed by atoms with Crippen LogP contribution in [-0.2, 0) is 57.2 Å². The molecule has 2 amide bonds. The van der Waals surface area contributed by atoms with E-state index in [0.717, 1.165) is 31.3 Å². The summed E-state index contributed by atoms with van der Waals surface area (Å²) < 4.78 is 36.4. The number of amides is 2. The quantitative estimate of drug-likeness (QED) is 0.0478. The largest absolute Gasteiger partial charge is 0.456 e. The molecule has 1 saturated carbocycles. The molecule has 3 N–H and O–H groups in total. The topological polar surface area (TPSA) is 214 Å². The zero-order valence-electron chi connectivity index (χ0n) is 42.7. The highest BCUT2D eigenvalue weighted by molar-refractivity contribution is 6.39. The van der Waals surface area contributed by atoms with Crippen molar-refractivity contribution >= 4 is 35.6 Å². The van der Waals surface area contributed by atoms with Gasteiger partial charge in [-0.2, -0.15) is 0 Å². The lowest BCUT2D eigenvalue weighted by atomic mass is 9.81. The molecule has 14 atom stereocenters. The summed E-state index contributed by atoms with van der Waals surface area (Å²) in [5.41, 5.74) is 1.58. The molecule has 0 spiro atoms. The molecule has 2 bridgehead atoms. The van der Waals surface area contributed by atoms with Gasteiger partial charge in [0.25, 0.3) is 11.7 Å². The minimum atomic E-state index is -2.53. The molecule has 0 aromatic carbocycles. The Kier molecular flexibility index (Phi) is 23.9. The molecule has 4 aliphatic rings. The van der Waals surface area contributed by atoms with Gasteiger partial charge in [-0.25, -0.2) is 4.79 Å². The van der Waals surface area contributed by atoms with Gasteiger partial charge in [0, 0.05) is 65.0 Å². The number of aliphatic hydroxyl groups excluding tert-OH is 1. The van der Waals surface area contributed by atoms with E-state index in [1.165, 1.54) is 19.1 Å². The fourth-order valence-corrected chi connectivity index (χ4v) is 10.8. The molecule has 0 radical (unpaired) electrons. The number of fused-ring (bicyclic) bond motifs is 3. The summed E-state index contributed by atoms with van der Waals surface area (Å²) in [6, 6.07) is -1.17. The number of ketones is 3. The van der Waals surface area contributed by atoms with E-state index < -0.39 is 77.8 Å². The number of unbranched alkanes of at least 4 members (excludes halogenated alkanes) is 3. The van der Waals surface area contributed by atoms with Gasteiger partial charge in [0.15, 0.2) is 5.78 Å². The number of nitrogens with zero attached hydrogens (tertiary/aromatic N) is 1. The van der Waals surface area contributed by atoms with Gasteiger partial charge >= 0.3 is 5.97 Å². The van der Waals surface area contributed by atoms with Gasteiger partial charge in [0.05, 0.1) is 30.5 Å². The Balaban J connectivity index is 1.63. The summed E-state index contributed by atoms with van der Waals surface area (Å²) in [6.45, 7) is 13.7. The normalized spacial score (nSPS) is 35.7. The Morgan fingerprint density at radius 2 is 1.62 bits per heavy atom. The number of nitrogens with one attached hydrogen (secondary N) is 1. The Labute approximate surface area is 410 Å². The monoisotopic (exact) mass is 973 g/mol. The van der Waals surface area contributed by atoms with Crippen LogP contribution in [-0.4, -0.2) is 146 Å². The lowest BCUT2D eigenvalue weighted by Crippen LogP contribution is -2.64. The molecule has 3 heterocycles. The first-order chi connectivity index (χ1) is 32.9. The van der Waals surface area contributed by atoms with E-state index in [1.807, 2.05) is 32.9 Å². The molecule has 16 nitrogen and oxygen atoms in total. The van der Waals surface area contributed by atoms with Gasteiger partial charge in [-0.15, -0.1) is 6.58 Å². The number of rotatable bonds is 18. The van der Waals surface area contributed by atoms with E-state index in [-0.39, 0.29) is 68.0 Å². The standard InChI is InChI=1S/C53H84N2O14/c1-10-17-39-25-33(2)24-34(3)26-46(65-8)49-47(66-9)28-36(5)53(63,69-49)50(60)51(61)55-23-16-14-19-41(55)52(62)68-48(37(6)42(58)30-43(39)59)35(4)27-38-20-21-44(45(29-38)64-7)67-31-40(57)18-13-11-12-15-22-54-32-56/h10,25,27,32,34,36-39,41-42,44-49,58,63H,1,11-24,26,28-31H2,2-9H3,(H,54,56)/b33-25+,35-27+/t34-,36+,37+,38-,39+,41-,42-,44+,45+,46-,47-,48?,49?,53+/m0/s1. The maximum absolute atomic E-state index is 14.5. The number of piperidine rings is 1. The number of carbonyl (C=O) groups excluding carboxylic acids is 6. The van der Waals surface area contributed by atoms with Gasteiger partial charge in [-0.3, -0.25) is 24.0 Å². The highest BCUT2D eigenvalue weighted by Gasteiger charge is 2.56. The zero-order valence-corrected chi connectivity index (χ0v) is 42.7. The fraction of sp³-hybridized carbons (Fsp3) is 0.774. The number of esters is 1. The van der Waals surface area contributed by atoms with E-state index in [2.05, 4.69) is 11.9 Å². The second kappa shape index (κ2) is 28.4. The number of methoxy groups -OCH3 is 3. The van der Waals surface area contributed by atoms with Crippen molar-refractivity contribution in [2.45, 2.75) is 192 Å². The minimum absolute atomic E-state index is 0.00818. The van der Waals surface area contributed by atoms with Crippen LogP contribution >= 0.6 is 0 Å². The maximum Gasteiger partial charge on any atom is 0.329 e. The summed E-state index contributed by atoms with van der Waals surface area (Å²) >= 11 is 0. The summed E-state index contributed by atoms with van der Waals surface area (Å²) in [4.78, 5) is 81.7. The zero-order chi connectivity index (χ0) is 50.8. The molecule has 16 heteroatoms. The van der Waals surface area contributed by atoms with Gasteiger partial charge in [0.1, 0.15) is 30.6 Å². The van der Waals surface area contributed by atoms with E-state index in [1.54, 1.807) is 27.0 Å². The molecule has 390 valence electrons. The van der Waals surface area contributed by atoms with Crippen molar-refractivity contribution in [3.63, 3.8) is 0 Å². The van der Waals surface area contributed by atoms with Gasteiger partial charge < -0.3 is 48.9 Å². The number of cyclic esters (lactones) is 1. The average molecular weight is 973 g/mol. The van der Waals surface area contributed by atoms with Crippen molar-refractivity contribution in [2.75, 3.05) is 41.0 Å². The van der Waals surface area contributed by atoms with Crippen LogP contribution in [0.15, 0.2) is 36.0 Å². The predicted octanol–water partition coefficient (Wildman–Crippen LogP) is 5.93. The molecule has 0 aromatic heterocycles. The van der Waals surface area contributed by atoms with E-state index in [0.29, 0.717) is 76.3 Å². The lowest BCUT2D eigenvalue weighted by molar-refractivity contribution is -0.302. The first-order valence-electron chi connectivity index (χ1n) is 25.4. The molecular weight excluding hydrogens is 889 g/mol. The molecule has 0 aromatic rings. The highest BCUT2D eigenvalue weighted by atomic mass is 16.7. The predicted molar refractivity (Wildman–Crippen MR) is 258 cm³/mol. The molecule has 3 fully saturated rings. The number of hydrogen-bond donors (Lipinski definition) is 3. The Hall–Kier alpha value is -3.64. The SMILES string of the molecule is C=CC[C@@H]1/C=C(\C)C[C@H](C)C[C@H](OC)C2O[C@@](O)(C(=O)C(=O)N3CCCC[C@H]3C(=O)OC(/C(C)=C/[C@@H]3CC[C@@H](OCC(=O)CCCCCCNC=O)[C@H](OC)C3)[C@H](C)[C@@H](O)CC1=O)[C@H](C)C[C@@H]2OC. The first-order valence-corrected chi connectivity index (χ1v) is 25.4.